The van der Waals surface area contributed by atoms with Gasteiger partial charge in [-0.25, -0.2) is 0 Å². The first kappa shape index (κ1) is 13.9. The zero-order valence-electron chi connectivity index (χ0n) is 10.0. The maximum atomic E-state index is 11.8. The molecule has 0 aromatic heterocycles. The summed E-state index contributed by atoms with van der Waals surface area (Å²) in [6, 6.07) is 0.0802. The second-order valence-corrected chi connectivity index (χ2v) is 6.45. The van der Waals surface area contributed by atoms with E-state index in [-0.39, 0.29) is 12.6 Å². The fourth-order valence-corrected chi connectivity index (χ4v) is 3.21. The third-order valence-electron chi connectivity index (χ3n) is 3.05. The van der Waals surface area contributed by atoms with E-state index in [1.54, 1.807) is 0 Å². The van der Waals surface area contributed by atoms with Crippen molar-refractivity contribution >= 4 is 10.2 Å². The zero-order chi connectivity index (χ0) is 12.2. The van der Waals surface area contributed by atoms with Crippen LogP contribution < -0.4 is 4.72 Å². The molecule has 2 unspecified atom stereocenters. The molecule has 0 radical (unpaired) electrons. The van der Waals surface area contributed by atoms with E-state index in [1.165, 1.54) is 11.4 Å². The lowest BCUT2D eigenvalue weighted by Gasteiger charge is -2.20. The van der Waals surface area contributed by atoms with E-state index in [9.17, 15) is 8.42 Å². The highest BCUT2D eigenvalue weighted by Crippen LogP contribution is 2.25. The van der Waals surface area contributed by atoms with Crippen LogP contribution in [-0.4, -0.2) is 44.1 Å². The summed E-state index contributed by atoms with van der Waals surface area (Å²) in [6.45, 7) is 2.51. The Labute approximate surface area is 98.0 Å². The van der Waals surface area contributed by atoms with Crippen LogP contribution in [0.2, 0.25) is 0 Å². The summed E-state index contributed by atoms with van der Waals surface area (Å²) in [5.41, 5.74) is 0. The minimum absolute atomic E-state index is 0.0142. The number of hydrogen-bond donors (Lipinski definition) is 2. The lowest BCUT2D eigenvalue weighted by Crippen LogP contribution is -2.43. The van der Waals surface area contributed by atoms with Crippen LogP contribution in [0.15, 0.2) is 0 Å². The van der Waals surface area contributed by atoms with Crippen molar-refractivity contribution in [2.75, 3.05) is 20.2 Å². The summed E-state index contributed by atoms with van der Waals surface area (Å²) in [4.78, 5) is 0. The van der Waals surface area contributed by atoms with Crippen LogP contribution in [0.4, 0.5) is 0 Å². The van der Waals surface area contributed by atoms with E-state index in [4.69, 9.17) is 5.11 Å². The van der Waals surface area contributed by atoms with Crippen molar-refractivity contribution in [1.29, 1.82) is 0 Å². The molecule has 0 aromatic rings. The number of rotatable bonds is 6. The average Bonchev–Trinajstić information content (AvgIpc) is 2.59. The predicted octanol–water partition coefficient (Wildman–Crippen LogP) is 0.324. The summed E-state index contributed by atoms with van der Waals surface area (Å²) in [5.74, 6) is 0.607. The average molecular weight is 250 g/mol. The normalized spacial score (nSPS) is 26.5. The topological polar surface area (TPSA) is 69.6 Å². The van der Waals surface area contributed by atoms with Gasteiger partial charge in [0.05, 0.1) is 0 Å². The van der Waals surface area contributed by atoms with Crippen LogP contribution in [0.25, 0.3) is 0 Å². The molecule has 16 heavy (non-hydrogen) atoms. The summed E-state index contributed by atoms with van der Waals surface area (Å²) in [5, 5.41) is 8.66. The van der Waals surface area contributed by atoms with Gasteiger partial charge in [-0.05, 0) is 31.6 Å². The first-order chi connectivity index (χ1) is 7.45. The van der Waals surface area contributed by atoms with Crippen LogP contribution >= 0.6 is 0 Å². The summed E-state index contributed by atoms with van der Waals surface area (Å²) >= 11 is 0. The van der Waals surface area contributed by atoms with Gasteiger partial charge >= 0.3 is 0 Å². The fraction of sp³-hybridized carbons (Fsp3) is 1.00. The molecule has 1 aliphatic rings. The Hall–Kier alpha value is -0.170. The molecule has 1 fully saturated rings. The van der Waals surface area contributed by atoms with Gasteiger partial charge in [0.25, 0.3) is 10.2 Å². The van der Waals surface area contributed by atoms with Gasteiger partial charge in [-0.15, -0.1) is 0 Å². The number of aliphatic hydroxyl groups is 1. The summed E-state index contributed by atoms with van der Waals surface area (Å²) < 4.78 is 27.6. The van der Waals surface area contributed by atoms with Crippen molar-refractivity contribution in [2.24, 2.45) is 5.92 Å². The molecule has 0 spiro atoms. The van der Waals surface area contributed by atoms with Crippen molar-refractivity contribution in [3.8, 4) is 0 Å². The molecule has 6 heteroatoms. The molecule has 0 bridgehead atoms. The first-order valence-electron chi connectivity index (χ1n) is 5.80. The highest BCUT2D eigenvalue weighted by atomic mass is 32.2. The molecule has 0 aliphatic heterocycles. The van der Waals surface area contributed by atoms with Crippen LogP contribution in [0.3, 0.4) is 0 Å². The lowest BCUT2D eigenvalue weighted by molar-refractivity contribution is 0.275. The minimum Gasteiger partial charge on any atom is -0.396 e. The van der Waals surface area contributed by atoms with E-state index in [1.807, 2.05) is 0 Å². The van der Waals surface area contributed by atoms with Crippen LogP contribution in [-0.2, 0) is 10.2 Å². The molecule has 5 nitrogen and oxygen atoms in total. The maximum absolute atomic E-state index is 11.8. The van der Waals surface area contributed by atoms with Crippen molar-refractivity contribution in [3.63, 3.8) is 0 Å². The van der Waals surface area contributed by atoms with E-state index < -0.39 is 10.2 Å². The smallest absolute Gasteiger partial charge is 0.279 e. The van der Waals surface area contributed by atoms with Crippen molar-refractivity contribution in [3.05, 3.63) is 0 Å². The Morgan fingerprint density at radius 1 is 1.44 bits per heavy atom. The second kappa shape index (κ2) is 5.95. The lowest BCUT2D eigenvalue weighted by atomic mass is 10.1. The van der Waals surface area contributed by atoms with Crippen LogP contribution in [0.1, 0.15) is 32.6 Å². The molecule has 1 saturated carbocycles. The van der Waals surface area contributed by atoms with Gasteiger partial charge in [0.2, 0.25) is 0 Å². The minimum atomic E-state index is -3.37. The van der Waals surface area contributed by atoms with Crippen LogP contribution in [0.5, 0.6) is 0 Å². The van der Waals surface area contributed by atoms with Gasteiger partial charge in [-0.2, -0.15) is 17.4 Å². The number of hydrogen-bond acceptors (Lipinski definition) is 3. The van der Waals surface area contributed by atoms with E-state index in [0.717, 1.165) is 19.3 Å². The third kappa shape index (κ3) is 4.01. The quantitative estimate of drug-likeness (QED) is 0.713. The molecule has 1 rings (SSSR count). The third-order valence-corrected chi connectivity index (χ3v) is 4.69. The number of aliphatic hydroxyl groups excluding tert-OH is 1. The molecule has 0 saturated heterocycles. The number of nitrogens with zero attached hydrogens (tertiary/aromatic N) is 1. The van der Waals surface area contributed by atoms with E-state index >= 15 is 0 Å². The maximum Gasteiger partial charge on any atom is 0.279 e. The van der Waals surface area contributed by atoms with Gasteiger partial charge in [-0.3, -0.25) is 0 Å². The first-order valence-corrected chi connectivity index (χ1v) is 7.24. The molecule has 2 N–H and O–H groups in total. The molecule has 0 heterocycles. The zero-order valence-corrected chi connectivity index (χ0v) is 10.8. The summed E-state index contributed by atoms with van der Waals surface area (Å²) in [7, 11) is -1.83. The Kier molecular flexibility index (Phi) is 5.17. The van der Waals surface area contributed by atoms with Crippen molar-refractivity contribution < 1.29 is 13.5 Å². The Balaban J connectivity index is 2.44. The van der Waals surface area contributed by atoms with Gasteiger partial charge in [0, 0.05) is 26.2 Å². The van der Waals surface area contributed by atoms with Gasteiger partial charge in [0.1, 0.15) is 0 Å². The highest BCUT2D eigenvalue weighted by Gasteiger charge is 2.27. The predicted molar refractivity (Wildman–Crippen MR) is 63.2 cm³/mol. The Morgan fingerprint density at radius 2 is 2.12 bits per heavy atom. The fourth-order valence-electron chi connectivity index (χ4n) is 2.03. The van der Waals surface area contributed by atoms with Crippen molar-refractivity contribution in [1.82, 2.24) is 9.03 Å². The van der Waals surface area contributed by atoms with E-state index in [0.29, 0.717) is 18.9 Å². The Bertz CT molecular complexity index is 305. The largest absolute Gasteiger partial charge is 0.396 e. The van der Waals surface area contributed by atoms with Crippen molar-refractivity contribution in [2.45, 2.75) is 38.6 Å². The molecular weight excluding hydrogens is 228 g/mol. The highest BCUT2D eigenvalue weighted by molar-refractivity contribution is 7.87. The molecular formula is C10H22N2O3S. The monoisotopic (exact) mass is 250 g/mol. The standard InChI is InChI=1S/C10H22N2O3S/c1-9-4-5-10(8-9)11-16(14,15)12(2)6-3-7-13/h9-11,13H,3-8H2,1-2H3. The molecule has 0 aromatic carbocycles. The SMILES string of the molecule is CC1CCC(NS(=O)(=O)N(C)CCCO)C1. The van der Waals surface area contributed by atoms with Crippen LogP contribution in [0, 0.1) is 5.92 Å². The Morgan fingerprint density at radius 3 is 2.62 bits per heavy atom. The van der Waals surface area contributed by atoms with Gasteiger partial charge in [0.15, 0.2) is 0 Å². The molecule has 96 valence electrons. The van der Waals surface area contributed by atoms with Gasteiger partial charge in [-0.1, -0.05) is 6.92 Å². The summed E-state index contributed by atoms with van der Waals surface area (Å²) in [6.07, 6.45) is 3.41. The molecule has 0 amide bonds. The molecule has 2 atom stereocenters. The van der Waals surface area contributed by atoms with E-state index in [2.05, 4.69) is 11.6 Å². The number of nitrogens with one attached hydrogen (secondary N) is 1. The van der Waals surface area contributed by atoms with Gasteiger partial charge < -0.3 is 5.11 Å². The molecule has 1 aliphatic carbocycles. The second-order valence-electron chi connectivity index (χ2n) is 4.64.